The van der Waals surface area contributed by atoms with Gasteiger partial charge in [-0.2, -0.15) is 0 Å². The highest BCUT2D eigenvalue weighted by molar-refractivity contribution is 6.30. The van der Waals surface area contributed by atoms with Gasteiger partial charge in [0.15, 0.2) is 0 Å². The summed E-state index contributed by atoms with van der Waals surface area (Å²) in [7, 11) is 0. The maximum atomic E-state index is 9.72. The molecule has 0 aliphatic rings. The Balaban J connectivity index is 2.16. The van der Waals surface area contributed by atoms with Crippen LogP contribution in [0.15, 0.2) is 36.4 Å². The molecule has 0 saturated carbocycles. The van der Waals surface area contributed by atoms with E-state index in [-0.39, 0.29) is 12.5 Å². The van der Waals surface area contributed by atoms with Gasteiger partial charge < -0.3 is 5.11 Å². The van der Waals surface area contributed by atoms with Crippen molar-refractivity contribution in [3.05, 3.63) is 69.2 Å². The fourth-order valence-electron chi connectivity index (χ4n) is 3.02. The first-order valence-electron chi connectivity index (χ1n) is 7.41. The van der Waals surface area contributed by atoms with E-state index in [2.05, 4.69) is 39.0 Å². The fraction of sp³-hybridized carbons (Fsp3) is 0.368. The molecule has 0 amide bonds. The molecule has 2 aromatic carbocycles. The summed E-state index contributed by atoms with van der Waals surface area (Å²) in [5.74, 6) is 0.226. The van der Waals surface area contributed by atoms with Gasteiger partial charge in [0.25, 0.3) is 0 Å². The molecule has 0 saturated heterocycles. The Kier molecular flexibility index (Phi) is 5.44. The molecule has 2 rings (SSSR count). The van der Waals surface area contributed by atoms with Crippen molar-refractivity contribution in [1.29, 1.82) is 0 Å². The van der Waals surface area contributed by atoms with Crippen LogP contribution in [-0.4, -0.2) is 11.7 Å². The summed E-state index contributed by atoms with van der Waals surface area (Å²) in [4.78, 5) is 0. The number of rotatable bonds is 5. The molecular weight excluding hydrogens is 280 g/mol. The van der Waals surface area contributed by atoms with Gasteiger partial charge in [-0.25, -0.2) is 0 Å². The first kappa shape index (κ1) is 16.1. The van der Waals surface area contributed by atoms with Gasteiger partial charge in [0.1, 0.15) is 0 Å². The molecule has 0 aliphatic heterocycles. The Morgan fingerprint density at radius 3 is 2.24 bits per heavy atom. The zero-order valence-electron chi connectivity index (χ0n) is 13.0. The van der Waals surface area contributed by atoms with E-state index in [1.165, 1.54) is 27.8 Å². The van der Waals surface area contributed by atoms with Crippen molar-refractivity contribution < 1.29 is 5.11 Å². The van der Waals surface area contributed by atoms with Crippen LogP contribution in [0.3, 0.4) is 0 Å². The first-order chi connectivity index (χ1) is 9.99. The summed E-state index contributed by atoms with van der Waals surface area (Å²) in [5, 5.41) is 10.5. The number of aliphatic hydroxyl groups excluding tert-OH is 1. The number of hydrogen-bond donors (Lipinski definition) is 1. The summed E-state index contributed by atoms with van der Waals surface area (Å²) in [6.45, 7) is 6.63. The lowest BCUT2D eigenvalue weighted by Crippen LogP contribution is -2.14. The zero-order chi connectivity index (χ0) is 15.4. The van der Waals surface area contributed by atoms with Crippen molar-refractivity contribution in [3.63, 3.8) is 0 Å². The summed E-state index contributed by atoms with van der Waals surface area (Å²) in [6, 6.07) is 12.3. The monoisotopic (exact) mass is 302 g/mol. The average molecular weight is 303 g/mol. The molecule has 0 spiro atoms. The molecule has 2 aromatic rings. The predicted molar refractivity (Wildman–Crippen MR) is 90.1 cm³/mol. The van der Waals surface area contributed by atoms with Crippen LogP contribution in [0.5, 0.6) is 0 Å². The first-order valence-corrected chi connectivity index (χ1v) is 7.79. The molecule has 0 aromatic heterocycles. The van der Waals surface area contributed by atoms with Gasteiger partial charge in [-0.05, 0) is 73.9 Å². The van der Waals surface area contributed by atoms with Crippen molar-refractivity contribution in [2.75, 3.05) is 6.61 Å². The van der Waals surface area contributed by atoms with Crippen molar-refractivity contribution in [2.24, 2.45) is 5.92 Å². The van der Waals surface area contributed by atoms with Crippen LogP contribution in [0, 0.1) is 26.7 Å². The lowest BCUT2D eigenvalue weighted by molar-refractivity contribution is 0.224. The quantitative estimate of drug-likeness (QED) is 0.851. The molecule has 0 fully saturated rings. The van der Waals surface area contributed by atoms with Gasteiger partial charge in [-0.3, -0.25) is 0 Å². The number of halogens is 1. The van der Waals surface area contributed by atoms with E-state index in [9.17, 15) is 5.11 Å². The summed E-state index contributed by atoms with van der Waals surface area (Å²) in [6.07, 6.45) is 1.75. The van der Waals surface area contributed by atoms with Crippen molar-refractivity contribution in [1.82, 2.24) is 0 Å². The van der Waals surface area contributed by atoms with E-state index in [0.717, 1.165) is 17.9 Å². The fourth-order valence-corrected chi connectivity index (χ4v) is 3.23. The van der Waals surface area contributed by atoms with Gasteiger partial charge in [0.05, 0.1) is 0 Å². The van der Waals surface area contributed by atoms with E-state index in [0.29, 0.717) is 0 Å². The smallest absolute Gasteiger partial charge is 0.0465 e. The highest BCUT2D eigenvalue weighted by atomic mass is 35.5. The van der Waals surface area contributed by atoms with Crippen LogP contribution >= 0.6 is 11.6 Å². The minimum Gasteiger partial charge on any atom is -0.396 e. The third-order valence-corrected chi connectivity index (χ3v) is 4.24. The van der Waals surface area contributed by atoms with Crippen LogP contribution in [0.4, 0.5) is 0 Å². The molecule has 0 bridgehead atoms. The second-order valence-electron chi connectivity index (χ2n) is 5.96. The molecule has 112 valence electrons. The third-order valence-electron chi connectivity index (χ3n) is 4.00. The maximum absolute atomic E-state index is 9.72. The van der Waals surface area contributed by atoms with Gasteiger partial charge in [-0.15, -0.1) is 0 Å². The largest absolute Gasteiger partial charge is 0.396 e. The van der Waals surface area contributed by atoms with Crippen LogP contribution in [0.25, 0.3) is 0 Å². The van der Waals surface area contributed by atoms with E-state index in [1.54, 1.807) is 0 Å². The SMILES string of the molecule is Cc1cc(C)c(CC(CO)Cc2cccc(Cl)c2)c(C)c1. The standard InChI is InChI=1S/C19H23ClO/c1-13-7-14(2)19(15(3)8-13)11-17(12-21)9-16-5-4-6-18(20)10-16/h4-8,10,17,21H,9,11-12H2,1-3H3. The predicted octanol–water partition coefficient (Wildman–Crippen LogP) is 4.66. The van der Waals surface area contributed by atoms with Gasteiger partial charge >= 0.3 is 0 Å². The van der Waals surface area contributed by atoms with E-state index >= 15 is 0 Å². The average Bonchev–Trinajstić information content (AvgIpc) is 2.41. The van der Waals surface area contributed by atoms with Crippen molar-refractivity contribution in [3.8, 4) is 0 Å². The maximum Gasteiger partial charge on any atom is 0.0465 e. The van der Waals surface area contributed by atoms with Crippen LogP contribution in [-0.2, 0) is 12.8 Å². The molecule has 1 N–H and O–H groups in total. The lowest BCUT2D eigenvalue weighted by Gasteiger charge is -2.18. The third kappa shape index (κ3) is 4.33. The topological polar surface area (TPSA) is 20.2 Å². The minimum absolute atomic E-state index is 0.194. The second kappa shape index (κ2) is 7.11. The Labute approximate surface area is 132 Å². The van der Waals surface area contributed by atoms with E-state index in [4.69, 9.17) is 11.6 Å². The number of benzene rings is 2. The number of aryl methyl sites for hydroxylation is 3. The molecule has 1 unspecified atom stereocenters. The Bertz CT molecular complexity index is 596. The van der Waals surface area contributed by atoms with Crippen molar-refractivity contribution >= 4 is 11.6 Å². The molecule has 0 aliphatic carbocycles. The molecule has 0 radical (unpaired) electrons. The summed E-state index contributed by atoms with van der Waals surface area (Å²) >= 11 is 6.04. The number of hydrogen-bond acceptors (Lipinski definition) is 1. The Morgan fingerprint density at radius 2 is 1.67 bits per heavy atom. The van der Waals surface area contributed by atoms with Gasteiger partial charge in [0, 0.05) is 11.6 Å². The highest BCUT2D eigenvalue weighted by Gasteiger charge is 2.13. The van der Waals surface area contributed by atoms with Crippen LogP contribution in [0.2, 0.25) is 5.02 Å². The Hall–Kier alpha value is -1.31. The second-order valence-corrected chi connectivity index (χ2v) is 6.40. The minimum atomic E-state index is 0.194. The molecule has 21 heavy (non-hydrogen) atoms. The van der Waals surface area contributed by atoms with E-state index in [1.807, 2.05) is 18.2 Å². The van der Waals surface area contributed by atoms with Crippen LogP contribution < -0.4 is 0 Å². The van der Waals surface area contributed by atoms with E-state index < -0.39 is 0 Å². The van der Waals surface area contributed by atoms with Crippen molar-refractivity contribution in [2.45, 2.75) is 33.6 Å². The molecular formula is C19H23ClO. The zero-order valence-corrected chi connectivity index (χ0v) is 13.7. The van der Waals surface area contributed by atoms with Gasteiger partial charge in [-0.1, -0.05) is 41.4 Å². The number of aliphatic hydroxyl groups is 1. The Morgan fingerprint density at radius 1 is 1.00 bits per heavy atom. The molecule has 2 heteroatoms. The van der Waals surface area contributed by atoms with Gasteiger partial charge in [0.2, 0.25) is 0 Å². The highest BCUT2D eigenvalue weighted by Crippen LogP contribution is 2.23. The molecule has 1 nitrogen and oxygen atoms in total. The summed E-state index contributed by atoms with van der Waals surface area (Å²) in [5.41, 5.74) is 6.48. The normalized spacial score (nSPS) is 12.4. The van der Waals surface area contributed by atoms with Crippen LogP contribution in [0.1, 0.15) is 27.8 Å². The lowest BCUT2D eigenvalue weighted by atomic mass is 9.88. The molecule has 0 heterocycles. The molecule has 1 atom stereocenters. The summed E-state index contributed by atoms with van der Waals surface area (Å²) < 4.78 is 0.